The minimum absolute atomic E-state index is 0.0337. The lowest BCUT2D eigenvalue weighted by molar-refractivity contribution is -0.152. The number of rotatable bonds is 8. The Bertz CT molecular complexity index is 647. The molecule has 0 aliphatic heterocycles. The van der Waals surface area contributed by atoms with Crippen LogP contribution in [0, 0.1) is 5.92 Å². The fourth-order valence-corrected chi connectivity index (χ4v) is 2.51. The van der Waals surface area contributed by atoms with Gasteiger partial charge in [0.05, 0.1) is 17.7 Å². The minimum Gasteiger partial charge on any atom is -0.508 e. The van der Waals surface area contributed by atoms with Crippen molar-refractivity contribution in [3.63, 3.8) is 0 Å². The van der Waals surface area contributed by atoms with Gasteiger partial charge in [-0.1, -0.05) is 31.5 Å². The number of halogens is 1. The van der Waals surface area contributed by atoms with Gasteiger partial charge in [-0.25, -0.2) is 4.79 Å². The number of esters is 1. The molecule has 138 valence electrons. The van der Waals surface area contributed by atoms with Gasteiger partial charge in [-0.2, -0.15) is 0 Å². The van der Waals surface area contributed by atoms with E-state index >= 15 is 0 Å². The number of ether oxygens (including phenoxy) is 1. The average molecular weight is 369 g/mol. The van der Waals surface area contributed by atoms with Crippen LogP contribution in [0.4, 0.5) is 0 Å². The van der Waals surface area contributed by atoms with E-state index in [2.05, 4.69) is 5.73 Å². The van der Waals surface area contributed by atoms with Crippen molar-refractivity contribution in [2.24, 2.45) is 5.92 Å². The molecule has 0 spiro atoms. The first-order chi connectivity index (χ1) is 11.8. The van der Waals surface area contributed by atoms with Crippen LogP contribution in [0.3, 0.4) is 0 Å². The second-order valence-corrected chi connectivity index (χ2v) is 6.36. The lowest BCUT2D eigenvalue weighted by Crippen LogP contribution is -2.24. The van der Waals surface area contributed by atoms with Gasteiger partial charge in [0.1, 0.15) is 5.75 Å². The third kappa shape index (κ3) is 6.92. The fraction of sp³-hybridized carbons (Fsp3) is 0.474. The van der Waals surface area contributed by atoms with Crippen molar-refractivity contribution in [1.29, 1.82) is 0 Å². The molecule has 1 aromatic carbocycles. The molecular weight excluding hydrogens is 344 g/mol. The molecule has 25 heavy (non-hydrogen) atoms. The standard InChI is InChI=1S/C19H25ClO5/c1-4-25-19(24)18(23)10-13(12(2)3)6-5-7-17(22)15-9-8-14(21)11-16(15)20/h5,8-9,11-12,17-18,21-23H,4,7,10H2,1-3H3/t6?,17-,18-/m1/s1. The van der Waals surface area contributed by atoms with Crippen LogP contribution >= 0.6 is 11.6 Å². The molecule has 0 radical (unpaired) electrons. The summed E-state index contributed by atoms with van der Waals surface area (Å²) in [6.45, 7) is 5.76. The van der Waals surface area contributed by atoms with Crippen molar-refractivity contribution < 1.29 is 24.9 Å². The molecule has 0 saturated carbocycles. The van der Waals surface area contributed by atoms with Gasteiger partial charge in [0.25, 0.3) is 0 Å². The molecule has 5 nitrogen and oxygen atoms in total. The van der Waals surface area contributed by atoms with Gasteiger partial charge in [0.15, 0.2) is 6.10 Å². The van der Waals surface area contributed by atoms with Crippen molar-refractivity contribution >= 4 is 17.6 Å². The van der Waals surface area contributed by atoms with Gasteiger partial charge >= 0.3 is 5.97 Å². The van der Waals surface area contributed by atoms with Crippen molar-refractivity contribution in [2.75, 3.05) is 6.61 Å². The van der Waals surface area contributed by atoms with E-state index in [1.165, 1.54) is 12.1 Å². The first-order valence-corrected chi connectivity index (χ1v) is 8.59. The average Bonchev–Trinajstić information content (AvgIpc) is 2.53. The highest BCUT2D eigenvalue weighted by Crippen LogP contribution is 2.28. The predicted octanol–water partition coefficient (Wildman–Crippen LogP) is 3.52. The summed E-state index contributed by atoms with van der Waals surface area (Å²) in [5.41, 5.74) is 4.31. The van der Waals surface area contributed by atoms with Gasteiger partial charge in [-0.3, -0.25) is 0 Å². The molecule has 0 heterocycles. The van der Waals surface area contributed by atoms with E-state index in [0.29, 0.717) is 5.56 Å². The third-order valence-corrected chi connectivity index (χ3v) is 3.97. The molecule has 0 aliphatic rings. The SMILES string of the molecule is CCOC(=O)[C@H](O)CC(=C=CC[C@@H](O)c1ccc(O)cc1Cl)C(C)C. The Balaban J connectivity index is 2.82. The van der Waals surface area contributed by atoms with E-state index in [4.69, 9.17) is 16.3 Å². The summed E-state index contributed by atoms with van der Waals surface area (Å²) in [7, 11) is 0. The van der Waals surface area contributed by atoms with Crippen LogP contribution in [-0.4, -0.2) is 34.0 Å². The topological polar surface area (TPSA) is 87.0 Å². The summed E-state index contributed by atoms with van der Waals surface area (Å²) in [4.78, 5) is 11.5. The maximum Gasteiger partial charge on any atom is 0.335 e. The highest BCUT2D eigenvalue weighted by atomic mass is 35.5. The van der Waals surface area contributed by atoms with Gasteiger partial charge in [0, 0.05) is 12.8 Å². The van der Waals surface area contributed by atoms with Crippen molar-refractivity contribution in [3.05, 3.63) is 46.2 Å². The molecule has 0 aliphatic carbocycles. The van der Waals surface area contributed by atoms with Crippen LogP contribution in [0.1, 0.15) is 45.3 Å². The number of benzene rings is 1. The quantitative estimate of drug-likeness (QED) is 0.482. The molecule has 0 aromatic heterocycles. The molecule has 6 heteroatoms. The molecule has 2 atom stereocenters. The number of hydrogen-bond donors (Lipinski definition) is 3. The maximum atomic E-state index is 11.5. The Morgan fingerprint density at radius 1 is 1.36 bits per heavy atom. The molecule has 1 aromatic rings. The number of aliphatic hydroxyl groups is 2. The Morgan fingerprint density at radius 2 is 2.04 bits per heavy atom. The van der Waals surface area contributed by atoms with E-state index in [9.17, 15) is 20.1 Å². The van der Waals surface area contributed by atoms with Crippen LogP contribution in [0.5, 0.6) is 5.75 Å². The normalized spacial score (nSPS) is 13.1. The first kappa shape index (κ1) is 21.3. The van der Waals surface area contributed by atoms with Gasteiger partial charge in [-0.05, 0) is 42.2 Å². The number of carbonyl (C=O) groups is 1. The molecule has 0 saturated heterocycles. The summed E-state index contributed by atoms with van der Waals surface area (Å²) in [5.74, 6) is -0.542. The van der Waals surface area contributed by atoms with Gasteiger partial charge in [0.2, 0.25) is 0 Å². The highest BCUT2D eigenvalue weighted by Gasteiger charge is 2.19. The van der Waals surface area contributed by atoms with Crippen LogP contribution in [-0.2, 0) is 9.53 Å². The van der Waals surface area contributed by atoms with Crippen molar-refractivity contribution in [1.82, 2.24) is 0 Å². The number of aliphatic hydroxyl groups excluding tert-OH is 2. The van der Waals surface area contributed by atoms with Crippen LogP contribution < -0.4 is 0 Å². The zero-order valence-corrected chi connectivity index (χ0v) is 15.5. The number of phenolic OH excluding ortho intramolecular Hbond substituents is 1. The molecule has 0 fully saturated rings. The van der Waals surface area contributed by atoms with Crippen LogP contribution in [0.15, 0.2) is 35.6 Å². The molecule has 0 bridgehead atoms. The van der Waals surface area contributed by atoms with Gasteiger partial charge in [-0.15, -0.1) is 5.73 Å². The Labute approximate surface area is 153 Å². The monoisotopic (exact) mass is 368 g/mol. The zero-order valence-electron chi connectivity index (χ0n) is 14.7. The number of aromatic hydroxyl groups is 1. The number of carbonyl (C=O) groups excluding carboxylic acids is 1. The molecule has 0 unspecified atom stereocenters. The molecular formula is C19H25ClO5. The lowest BCUT2D eigenvalue weighted by Gasteiger charge is -2.14. The summed E-state index contributed by atoms with van der Waals surface area (Å²) in [6, 6.07) is 4.39. The maximum absolute atomic E-state index is 11.5. The Hall–Kier alpha value is -1.78. The van der Waals surface area contributed by atoms with Crippen molar-refractivity contribution in [2.45, 2.75) is 45.8 Å². The van der Waals surface area contributed by atoms with Crippen molar-refractivity contribution in [3.8, 4) is 5.75 Å². The fourth-order valence-electron chi connectivity index (χ4n) is 2.21. The van der Waals surface area contributed by atoms with E-state index in [1.54, 1.807) is 19.1 Å². The summed E-state index contributed by atoms with van der Waals surface area (Å²) >= 11 is 6.01. The molecule has 1 rings (SSSR count). The van der Waals surface area contributed by atoms with Gasteiger partial charge < -0.3 is 20.1 Å². The Morgan fingerprint density at radius 3 is 2.60 bits per heavy atom. The van der Waals surface area contributed by atoms with E-state index < -0.39 is 18.2 Å². The van der Waals surface area contributed by atoms with Crippen LogP contribution in [0.2, 0.25) is 5.02 Å². The molecule has 3 N–H and O–H groups in total. The van der Waals surface area contributed by atoms with E-state index in [1.807, 2.05) is 13.8 Å². The molecule has 0 amide bonds. The first-order valence-electron chi connectivity index (χ1n) is 8.21. The second-order valence-electron chi connectivity index (χ2n) is 5.96. The van der Waals surface area contributed by atoms with Crippen LogP contribution in [0.25, 0.3) is 0 Å². The highest BCUT2D eigenvalue weighted by molar-refractivity contribution is 6.31. The Kier molecular flexibility index (Phi) is 8.73. The van der Waals surface area contributed by atoms with E-state index in [-0.39, 0.29) is 36.1 Å². The number of hydrogen-bond acceptors (Lipinski definition) is 5. The third-order valence-electron chi connectivity index (χ3n) is 3.64. The predicted molar refractivity (Wildman–Crippen MR) is 96.4 cm³/mol. The summed E-state index contributed by atoms with van der Waals surface area (Å²) < 4.78 is 4.79. The second kappa shape index (κ2) is 10.3. The minimum atomic E-state index is -1.23. The summed E-state index contributed by atoms with van der Waals surface area (Å²) in [6.07, 6.45) is -0.0286. The zero-order chi connectivity index (χ0) is 19.0. The smallest absolute Gasteiger partial charge is 0.335 e. The van der Waals surface area contributed by atoms with E-state index in [0.717, 1.165) is 5.57 Å². The lowest BCUT2D eigenvalue weighted by atomic mass is 9.97. The summed E-state index contributed by atoms with van der Waals surface area (Å²) in [5, 5.41) is 29.7. The largest absolute Gasteiger partial charge is 0.508 e. The number of phenols is 1.